The molecule has 1 aromatic carbocycles. The van der Waals surface area contributed by atoms with E-state index in [-0.39, 0.29) is 24.5 Å². The third kappa shape index (κ3) is 4.24. The summed E-state index contributed by atoms with van der Waals surface area (Å²) in [6.45, 7) is 5.63. The molecule has 2 N–H and O–H groups in total. The Balaban J connectivity index is 1.87. The highest BCUT2D eigenvalue weighted by Gasteiger charge is 2.17. The minimum Gasteiger partial charge on any atom is -0.499 e. The molecule has 2 aromatic heterocycles. The van der Waals surface area contributed by atoms with E-state index >= 15 is 0 Å². The molecule has 7 nitrogen and oxygen atoms in total. The quantitative estimate of drug-likeness (QED) is 0.361. The van der Waals surface area contributed by atoms with Crippen LogP contribution in [0.4, 0.5) is 15.8 Å². The number of hydrogen-bond donors (Lipinski definition) is 2. The monoisotopic (exact) mass is 370 g/mol. The summed E-state index contributed by atoms with van der Waals surface area (Å²) in [4.78, 5) is 21.7. The maximum atomic E-state index is 14.3. The summed E-state index contributed by atoms with van der Waals surface area (Å²) in [6.07, 6.45) is 6.16. The van der Waals surface area contributed by atoms with Crippen molar-refractivity contribution in [2.45, 2.75) is 6.92 Å². The molecule has 2 heterocycles. The number of halogens is 1. The van der Waals surface area contributed by atoms with Gasteiger partial charge in [0.05, 0.1) is 41.2 Å². The Kier molecular flexibility index (Phi) is 5.68. The fourth-order valence-electron chi connectivity index (χ4n) is 2.51. The van der Waals surface area contributed by atoms with Crippen LogP contribution in [0.25, 0.3) is 5.52 Å². The number of nitrogens with one attached hydrogen (secondary N) is 2. The highest BCUT2D eigenvalue weighted by atomic mass is 19.1. The van der Waals surface area contributed by atoms with Gasteiger partial charge in [0.1, 0.15) is 19.0 Å². The van der Waals surface area contributed by atoms with Gasteiger partial charge in [-0.1, -0.05) is 12.6 Å². The number of hydrogen-bond acceptors (Lipinski definition) is 5. The van der Waals surface area contributed by atoms with E-state index in [4.69, 9.17) is 9.57 Å². The Morgan fingerprint density at radius 2 is 2.22 bits per heavy atom. The van der Waals surface area contributed by atoms with Crippen molar-refractivity contribution in [1.29, 1.82) is 0 Å². The molecule has 8 heteroatoms. The average molecular weight is 370 g/mol. The largest absolute Gasteiger partial charge is 0.499 e. The van der Waals surface area contributed by atoms with Gasteiger partial charge in [-0.05, 0) is 30.7 Å². The third-order valence-corrected chi connectivity index (χ3v) is 3.81. The second kappa shape index (κ2) is 8.33. The summed E-state index contributed by atoms with van der Waals surface area (Å²) in [6, 6.07) is 6.42. The number of imidazole rings is 1. The SMILES string of the molecule is C=COCCONC(=O)c1ccn2cncc2c1Nc1ccc(C)cc1F. The van der Waals surface area contributed by atoms with E-state index in [1.165, 1.54) is 12.3 Å². The van der Waals surface area contributed by atoms with Crippen molar-refractivity contribution < 1.29 is 18.8 Å². The van der Waals surface area contributed by atoms with Crippen LogP contribution >= 0.6 is 0 Å². The van der Waals surface area contributed by atoms with E-state index in [1.54, 1.807) is 48.2 Å². The van der Waals surface area contributed by atoms with Crippen molar-refractivity contribution >= 4 is 22.8 Å². The van der Waals surface area contributed by atoms with Gasteiger partial charge in [0.25, 0.3) is 5.91 Å². The number of aryl methyl sites for hydroxylation is 1. The fourth-order valence-corrected chi connectivity index (χ4v) is 2.51. The summed E-state index contributed by atoms with van der Waals surface area (Å²) in [5.74, 6) is -0.895. The van der Waals surface area contributed by atoms with Crippen molar-refractivity contribution in [3.63, 3.8) is 0 Å². The molecule has 140 valence electrons. The zero-order chi connectivity index (χ0) is 19.2. The summed E-state index contributed by atoms with van der Waals surface area (Å²) in [7, 11) is 0. The second-order valence-electron chi connectivity index (χ2n) is 5.72. The first-order valence-corrected chi connectivity index (χ1v) is 8.22. The van der Waals surface area contributed by atoms with E-state index in [2.05, 4.69) is 22.4 Å². The summed E-state index contributed by atoms with van der Waals surface area (Å²) < 4.78 is 20.9. The molecule has 0 saturated carbocycles. The van der Waals surface area contributed by atoms with Gasteiger partial charge in [-0.25, -0.2) is 14.9 Å². The number of pyridine rings is 1. The van der Waals surface area contributed by atoms with Crippen LogP contribution in [0.3, 0.4) is 0 Å². The van der Waals surface area contributed by atoms with Gasteiger partial charge in [-0.15, -0.1) is 0 Å². The molecule has 0 radical (unpaired) electrons. The second-order valence-corrected chi connectivity index (χ2v) is 5.72. The van der Waals surface area contributed by atoms with Gasteiger partial charge in [0.15, 0.2) is 0 Å². The molecule has 0 aliphatic carbocycles. The molecular weight excluding hydrogens is 351 g/mol. The number of carbonyl (C=O) groups excluding carboxylic acids is 1. The van der Waals surface area contributed by atoms with Crippen LogP contribution in [0.2, 0.25) is 0 Å². The van der Waals surface area contributed by atoms with Crippen molar-refractivity contribution in [3.8, 4) is 0 Å². The van der Waals surface area contributed by atoms with Crippen LogP contribution in [0.1, 0.15) is 15.9 Å². The van der Waals surface area contributed by atoms with Crippen molar-refractivity contribution in [2.24, 2.45) is 0 Å². The third-order valence-electron chi connectivity index (χ3n) is 3.81. The van der Waals surface area contributed by atoms with E-state index in [0.29, 0.717) is 11.2 Å². The van der Waals surface area contributed by atoms with Crippen LogP contribution in [-0.2, 0) is 9.57 Å². The summed E-state index contributed by atoms with van der Waals surface area (Å²) in [5, 5.41) is 3.00. The molecule has 0 aliphatic heterocycles. The molecule has 27 heavy (non-hydrogen) atoms. The molecule has 1 amide bonds. The lowest BCUT2D eigenvalue weighted by molar-refractivity contribution is 0.0145. The van der Waals surface area contributed by atoms with Gasteiger partial charge < -0.3 is 14.5 Å². The Morgan fingerprint density at radius 1 is 1.37 bits per heavy atom. The Labute approximate surface area is 155 Å². The maximum absolute atomic E-state index is 14.3. The minimum absolute atomic E-state index is 0.155. The molecule has 0 atom stereocenters. The summed E-state index contributed by atoms with van der Waals surface area (Å²) in [5.41, 5.74) is 4.73. The van der Waals surface area contributed by atoms with Gasteiger partial charge >= 0.3 is 0 Å². The number of rotatable bonds is 8. The number of fused-ring (bicyclic) bond motifs is 1. The number of anilines is 2. The molecule has 0 unspecified atom stereocenters. The highest BCUT2D eigenvalue weighted by Crippen LogP contribution is 2.28. The van der Waals surface area contributed by atoms with Crippen LogP contribution in [0.15, 0.2) is 55.8 Å². The van der Waals surface area contributed by atoms with Crippen LogP contribution in [-0.4, -0.2) is 28.5 Å². The van der Waals surface area contributed by atoms with Gasteiger partial charge in [0.2, 0.25) is 0 Å². The standard InChI is InChI=1S/C19H19FN4O3/c1-3-26-8-9-27-23-19(25)14-6-7-24-12-21-11-17(24)18(14)22-16-5-4-13(2)10-15(16)20/h3-7,10-12,22H,1,8-9H2,2H3,(H,23,25). The zero-order valence-corrected chi connectivity index (χ0v) is 14.7. The molecule has 3 aromatic rings. The molecule has 0 aliphatic rings. The zero-order valence-electron chi connectivity index (χ0n) is 14.7. The first-order chi connectivity index (χ1) is 13.1. The summed E-state index contributed by atoms with van der Waals surface area (Å²) >= 11 is 0. The van der Waals surface area contributed by atoms with E-state index in [0.717, 1.165) is 5.56 Å². The van der Waals surface area contributed by atoms with Gasteiger partial charge in [0, 0.05) is 6.20 Å². The number of benzene rings is 1. The Bertz CT molecular complexity index is 971. The van der Waals surface area contributed by atoms with Crippen LogP contribution in [0, 0.1) is 12.7 Å². The van der Waals surface area contributed by atoms with Crippen molar-refractivity contribution in [3.05, 3.63) is 72.8 Å². The lowest BCUT2D eigenvalue weighted by atomic mass is 10.1. The lowest BCUT2D eigenvalue weighted by Crippen LogP contribution is -2.26. The molecular formula is C19H19FN4O3. The van der Waals surface area contributed by atoms with Crippen molar-refractivity contribution in [1.82, 2.24) is 14.9 Å². The first kappa shape index (κ1) is 18.4. The number of amides is 1. The first-order valence-electron chi connectivity index (χ1n) is 8.22. The van der Waals surface area contributed by atoms with E-state index in [9.17, 15) is 9.18 Å². The van der Waals surface area contributed by atoms with E-state index < -0.39 is 11.7 Å². The lowest BCUT2D eigenvalue weighted by Gasteiger charge is -2.15. The highest BCUT2D eigenvalue weighted by molar-refractivity contribution is 6.03. The number of hydroxylamine groups is 1. The number of aromatic nitrogens is 2. The smallest absolute Gasteiger partial charge is 0.277 e. The Morgan fingerprint density at radius 3 is 3.00 bits per heavy atom. The van der Waals surface area contributed by atoms with Gasteiger partial charge in [-0.3, -0.25) is 9.63 Å². The average Bonchev–Trinajstić information content (AvgIpc) is 3.13. The van der Waals surface area contributed by atoms with E-state index in [1.807, 2.05) is 0 Å². The van der Waals surface area contributed by atoms with Crippen LogP contribution in [0.5, 0.6) is 0 Å². The molecule has 3 rings (SSSR count). The number of ether oxygens (including phenoxy) is 1. The number of carbonyl (C=O) groups is 1. The molecule has 0 fully saturated rings. The topological polar surface area (TPSA) is 76.9 Å². The Hall–Kier alpha value is -3.39. The minimum atomic E-state index is -0.479. The fraction of sp³-hybridized carbons (Fsp3) is 0.158. The predicted octanol–water partition coefficient (Wildman–Crippen LogP) is 3.35. The predicted molar refractivity (Wildman–Crippen MR) is 99.2 cm³/mol. The van der Waals surface area contributed by atoms with Crippen LogP contribution < -0.4 is 10.8 Å². The van der Waals surface area contributed by atoms with Gasteiger partial charge in [-0.2, -0.15) is 0 Å². The molecule has 0 bridgehead atoms. The van der Waals surface area contributed by atoms with Crippen molar-refractivity contribution in [2.75, 3.05) is 18.5 Å². The maximum Gasteiger partial charge on any atom is 0.277 e. The number of nitrogens with zero attached hydrogens (tertiary/aromatic N) is 2. The molecule has 0 saturated heterocycles. The normalized spacial score (nSPS) is 10.6. The molecule has 0 spiro atoms.